The highest BCUT2D eigenvalue weighted by Crippen LogP contribution is 2.17. The Morgan fingerprint density at radius 3 is 2.78 bits per heavy atom. The molecule has 1 amide bonds. The maximum atomic E-state index is 11.6. The van der Waals surface area contributed by atoms with Crippen molar-refractivity contribution in [1.82, 2.24) is 19.7 Å². The molecule has 6 nitrogen and oxygen atoms in total. The molecule has 2 aliphatic heterocycles. The van der Waals surface area contributed by atoms with Gasteiger partial charge in [0.2, 0.25) is 5.91 Å². The topological polar surface area (TPSA) is 68.1 Å². The summed E-state index contributed by atoms with van der Waals surface area (Å²) in [6.45, 7) is 1.56. The van der Waals surface area contributed by atoms with Gasteiger partial charge in [0.1, 0.15) is 5.82 Å². The van der Waals surface area contributed by atoms with Gasteiger partial charge in [0, 0.05) is 13.0 Å². The number of carbonyl (C=O) groups excluding carboxylic acids is 2. The highest BCUT2D eigenvalue weighted by molar-refractivity contribution is 6.05. The molecule has 2 aliphatic rings. The van der Waals surface area contributed by atoms with Gasteiger partial charge < -0.3 is 9.47 Å². The van der Waals surface area contributed by atoms with Crippen molar-refractivity contribution in [1.29, 1.82) is 0 Å². The van der Waals surface area contributed by atoms with Gasteiger partial charge in [0.25, 0.3) is 0 Å². The van der Waals surface area contributed by atoms with Gasteiger partial charge in [-0.1, -0.05) is 6.42 Å². The molecule has 0 aliphatic carbocycles. The molecule has 0 aromatic carbocycles. The molecule has 1 fully saturated rings. The minimum atomic E-state index is -0.0917. The number of Topliss-reactive ketones (excluding diaryl/α,β-unsaturated/α-hetero) is 1. The molecule has 1 aromatic heterocycles. The van der Waals surface area contributed by atoms with Gasteiger partial charge in [-0.15, -0.1) is 10.2 Å². The molecule has 3 rings (SSSR count). The van der Waals surface area contributed by atoms with Crippen LogP contribution in [0.2, 0.25) is 0 Å². The summed E-state index contributed by atoms with van der Waals surface area (Å²) >= 11 is 0. The number of aryl methyl sites for hydroxylation is 1. The zero-order valence-corrected chi connectivity index (χ0v) is 10.3. The molecule has 0 spiro atoms. The van der Waals surface area contributed by atoms with E-state index in [1.165, 1.54) is 6.42 Å². The van der Waals surface area contributed by atoms with Gasteiger partial charge in [-0.2, -0.15) is 0 Å². The molecule has 0 N–H and O–H groups in total. The average molecular weight is 248 g/mol. The van der Waals surface area contributed by atoms with Crippen LogP contribution in [0.4, 0.5) is 0 Å². The van der Waals surface area contributed by atoms with Gasteiger partial charge in [-0.05, 0) is 12.8 Å². The molecular weight excluding hydrogens is 232 g/mol. The number of amides is 1. The van der Waals surface area contributed by atoms with Crippen LogP contribution in [0.3, 0.4) is 0 Å². The van der Waals surface area contributed by atoms with Crippen molar-refractivity contribution in [3.05, 3.63) is 11.6 Å². The molecule has 6 heteroatoms. The predicted molar refractivity (Wildman–Crippen MR) is 62.6 cm³/mol. The number of rotatable bonds is 2. The van der Waals surface area contributed by atoms with Crippen molar-refractivity contribution >= 4 is 11.7 Å². The Morgan fingerprint density at radius 1 is 1.11 bits per heavy atom. The summed E-state index contributed by atoms with van der Waals surface area (Å²) in [5.74, 6) is 1.73. The quantitative estimate of drug-likeness (QED) is 0.706. The van der Waals surface area contributed by atoms with E-state index in [0.717, 1.165) is 37.5 Å². The maximum absolute atomic E-state index is 11.6. The monoisotopic (exact) mass is 248 g/mol. The van der Waals surface area contributed by atoms with Crippen molar-refractivity contribution < 1.29 is 9.59 Å². The molecule has 0 radical (unpaired) electrons. The van der Waals surface area contributed by atoms with Crippen LogP contribution in [0.5, 0.6) is 0 Å². The summed E-state index contributed by atoms with van der Waals surface area (Å²) < 4.78 is 2.11. The number of likely N-dealkylation sites (tertiary alicyclic amines) is 1. The summed E-state index contributed by atoms with van der Waals surface area (Å²) in [4.78, 5) is 24.4. The first-order chi connectivity index (χ1) is 8.74. The summed E-state index contributed by atoms with van der Waals surface area (Å²) in [6.07, 6.45) is 4.50. The smallest absolute Gasteiger partial charge is 0.230 e. The van der Waals surface area contributed by atoms with E-state index < -0.39 is 0 Å². The fourth-order valence-electron chi connectivity index (χ4n) is 2.61. The van der Waals surface area contributed by atoms with E-state index >= 15 is 0 Å². The van der Waals surface area contributed by atoms with Gasteiger partial charge in [-0.25, -0.2) is 0 Å². The summed E-state index contributed by atoms with van der Waals surface area (Å²) in [6, 6.07) is 0. The first kappa shape index (κ1) is 11.4. The van der Waals surface area contributed by atoms with Crippen LogP contribution in [0, 0.1) is 0 Å². The summed E-state index contributed by atoms with van der Waals surface area (Å²) in [5, 5.41) is 8.36. The van der Waals surface area contributed by atoms with Gasteiger partial charge in [0.05, 0.1) is 19.5 Å². The lowest BCUT2D eigenvalue weighted by molar-refractivity contribution is -0.128. The second kappa shape index (κ2) is 4.51. The molecule has 96 valence electrons. The number of aromatic nitrogens is 3. The zero-order chi connectivity index (χ0) is 12.5. The van der Waals surface area contributed by atoms with E-state index in [2.05, 4.69) is 14.8 Å². The fourth-order valence-corrected chi connectivity index (χ4v) is 2.61. The number of hydrogen-bond acceptors (Lipinski definition) is 4. The molecule has 0 unspecified atom stereocenters. The molecular formula is C12H16N4O2. The Balaban J connectivity index is 1.79. The Kier molecular flexibility index (Phi) is 2.85. The Bertz CT molecular complexity index is 494. The van der Waals surface area contributed by atoms with E-state index in [1.807, 2.05) is 0 Å². The summed E-state index contributed by atoms with van der Waals surface area (Å²) in [5.41, 5.74) is 0. The van der Waals surface area contributed by atoms with Gasteiger partial charge in [0.15, 0.2) is 11.6 Å². The second-order valence-electron chi connectivity index (χ2n) is 4.96. The number of fused-ring (bicyclic) bond motifs is 1. The van der Waals surface area contributed by atoms with Crippen LogP contribution in [0.1, 0.15) is 37.3 Å². The van der Waals surface area contributed by atoms with Crippen molar-refractivity contribution in [3.63, 3.8) is 0 Å². The molecule has 0 atom stereocenters. The normalized spacial score (nSPS) is 20.1. The van der Waals surface area contributed by atoms with Crippen LogP contribution >= 0.6 is 0 Å². The Morgan fingerprint density at radius 2 is 2.00 bits per heavy atom. The first-order valence-corrected chi connectivity index (χ1v) is 6.44. The molecule has 18 heavy (non-hydrogen) atoms. The van der Waals surface area contributed by atoms with Crippen molar-refractivity contribution in [2.24, 2.45) is 0 Å². The number of carbonyl (C=O) groups is 2. The predicted octanol–water partition coefficient (Wildman–Crippen LogP) is 0.306. The van der Waals surface area contributed by atoms with Crippen LogP contribution in [-0.4, -0.2) is 37.9 Å². The zero-order valence-electron chi connectivity index (χ0n) is 10.3. The lowest BCUT2D eigenvalue weighted by atomic mass is 10.2. The number of ketones is 1. The minimum Gasteiger partial charge on any atom is -0.327 e. The van der Waals surface area contributed by atoms with E-state index in [0.29, 0.717) is 6.54 Å². The molecule has 0 bridgehead atoms. The van der Waals surface area contributed by atoms with E-state index in [9.17, 15) is 9.59 Å². The SMILES string of the molecule is O=C1CC(=O)N(Cc2nnc3n2CCCCC3)C1. The Labute approximate surface area is 105 Å². The van der Waals surface area contributed by atoms with Crippen molar-refractivity contribution in [3.8, 4) is 0 Å². The van der Waals surface area contributed by atoms with Crippen molar-refractivity contribution in [2.45, 2.75) is 45.2 Å². The molecule has 3 heterocycles. The Hall–Kier alpha value is -1.72. The third-order valence-corrected chi connectivity index (χ3v) is 3.59. The minimum absolute atomic E-state index is 0.00407. The van der Waals surface area contributed by atoms with Crippen LogP contribution in [0.15, 0.2) is 0 Å². The largest absolute Gasteiger partial charge is 0.327 e. The van der Waals surface area contributed by atoms with E-state index in [-0.39, 0.29) is 24.7 Å². The average Bonchev–Trinajstić information content (AvgIpc) is 2.75. The highest BCUT2D eigenvalue weighted by atomic mass is 16.2. The third-order valence-electron chi connectivity index (χ3n) is 3.59. The highest BCUT2D eigenvalue weighted by Gasteiger charge is 2.29. The summed E-state index contributed by atoms with van der Waals surface area (Å²) in [7, 11) is 0. The molecule has 1 aromatic rings. The maximum Gasteiger partial charge on any atom is 0.230 e. The van der Waals surface area contributed by atoms with E-state index in [4.69, 9.17) is 0 Å². The third kappa shape index (κ3) is 2.02. The van der Waals surface area contributed by atoms with Gasteiger partial charge >= 0.3 is 0 Å². The lowest BCUT2D eigenvalue weighted by Gasteiger charge is -2.14. The van der Waals surface area contributed by atoms with Crippen LogP contribution < -0.4 is 0 Å². The van der Waals surface area contributed by atoms with Crippen LogP contribution in [0.25, 0.3) is 0 Å². The van der Waals surface area contributed by atoms with E-state index in [1.54, 1.807) is 4.90 Å². The first-order valence-electron chi connectivity index (χ1n) is 6.44. The number of hydrogen-bond donors (Lipinski definition) is 0. The lowest BCUT2D eigenvalue weighted by Crippen LogP contribution is -2.26. The van der Waals surface area contributed by atoms with Crippen LogP contribution in [-0.2, 0) is 29.1 Å². The molecule has 1 saturated heterocycles. The number of nitrogens with zero attached hydrogens (tertiary/aromatic N) is 4. The van der Waals surface area contributed by atoms with Crippen molar-refractivity contribution in [2.75, 3.05) is 6.54 Å². The standard InChI is InChI=1S/C12H16N4O2/c17-9-6-12(18)15(7-9)8-11-14-13-10-4-2-1-3-5-16(10)11/h1-8H2. The fraction of sp³-hybridized carbons (Fsp3) is 0.667. The molecule has 0 saturated carbocycles. The van der Waals surface area contributed by atoms with Gasteiger partial charge in [-0.3, -0.25) is 9.59 Å². The second-order valence-corrected chi connectivity index (χ2v) is 4.96.